The second kappa shape index (κ2) is 9.27. The molecular weight excluding hydrogens is 300 g/mol. The van der Waals surface area contributed by atoms with E-state index >= 15 is 0 Å². The zero-order valence-electron chi connectivity index (χ0n) is 13.1. The van der Waals surface area contributed by atoms with Crippen molar-refractivity contribution in [1.82, 2.24) is 0 Å². The lowest BCUT2D eigenvalue weighted by Gasteiger charge is -2.16. The second-order valence-corrected chi connectivity index (χ2v) is 5.31. The maximum atomic E-state index is 11.7. The van der Waals surface area contributed by atoms with Gasteiger partial charge in [-0.05, 0) is 36.6 Å². The number of Topliss-reactive ketones (excluding diaryl/α,β-unsaturated/α-hetero) is 1. The van der Waals surface area contributed by atoms with Gasteiger partial charge in [-0.3, -0.25) is 9.59 Å². The van der Waals surface area contributed by atoms with Crippen LogP contribution in [0.25, 0.3) is 0 Å². The first-order valence-corrected chi connectivity index (χ1v) is 7.83. The average Bonchev–Trinajstić information content (AvgIpc) is 2.53. The SMILES string of the molecule is O=C(O)CCOCCOCCOc1ccc2c(c1)CCCC2=O. The molecule has 1 N–H and O–H groups in total. The summed E-state index contributed by atoms with van der Waals surface area (Å²) in [5.41, 5.74) is 1.88. The fourth-order valence-corrected chi connectivity index (χ4v) is 2.41. The van der Waals surface area contributed by atoms with Crippen molar-refractivity contribution >= 4 is 11.8 Å². The third kappa shape index (κ3) is 6.00. The number of carbonyl (C=O) groups excluding carboxylic acids is 1. The van der Waals surface area contributed by atoms with Gasteiger partial charge in [0.15, 0.2) is 5.78 Å². The molecule has 6 heteroatoms. The summed E-state index contributed by atoms with van der Waals surface area (Å²) in [6.45, 7) is 1.82. The Morgan fingerprint density at radius 2 is 1.78 bits per heavy atom. The van der Waals surface area contributed by atoms with Crippen LogP contribution in [0.3, 0.4) is 0 Å². The van der Waals surface area contributed by atoms with Crippen molar-refractivity contribution in [2.24, 2.45) is 0 Å². The van der Waals surface area contributed by atoms with E-state index in [0.717, 1.165) is 29.7 Å². The molecule has 0 aliphatic heterocycles. The molecule has 0 radical (unpaired) electrons. The molecule has 1 aromatic rings. The van der Waals surface area contributed by atoms with Crippen molar-refractivity contribution in [1.29, 1.82) is 0 Å². The highest BCUT2D eigenvalue weighted by Gasteiger charge is 2.17. The van der Waals surface area contributed by atoms with Gasteiger partial charge in [-0.25, -0.2) is 0 Å². The van der Waals surface area contributed by atoms with Gasteiger partial charge in [0.2, 0.25) is 0 Å². The van der Waals surface area contributed by atoms with E-state index in [1.165, 1.54) is 0 Å². The number of benzene rings is 1. The average molecular weight is 322 g/mol. The third-order valence-corrected chi connectivity index (χ3v) is 3.56. The van der Waals surface area contributed by atoms with Gasteiger partial charge in [-0.15, -0.1) is 0 Å². The number of fused-ring (bicyclic) bond motifs is 1. The molecule has 0 atom stereocenters. The predicted molar refractivity (Wildman–Crippen MR) is 83.1 cm³/mol. The zero-order valence-corrected chi connectivity index (χ0v) is 13.1. The Kier molecular flexibility index (Phi) is 7.03. The normalized spacial score (nSPS) is 13.7. The van der Waals surface area contributed by atoms with E-state index in [1.807, 2.05) is 18.2 Å². The summed E-state index contributed by atoms with van der Waals surface area (Å²) in [4.78, 5) is 22.0. The van der Waals surface area contributed by atoms with Crippen molar-refractivity contribution in [2.45, 2.75) is 25.7 Å². The first-order valence-electron chi connectivity index (χ1n) is 7.83. The van der Waals surface area contributed by atoms with Gasteiger partial charge in [0.05, 0.1) is 32.8 Å². The van der Waals surface area contributed by atoms with Crippen LogP contribution >= 0.6 is 0 Å². The Morgan fingerprint density at radius 3 is 2.57 bits per heavy atom. The summed E-state index contributed by atoms with van der Waals surface area (Å²) in [5.74, 6) is 0.0925. The van der Waals surface area contributed by atoms with Crippen molar-refractivity contribution < 1.29 is 28.9 Å². The van der Waals surface area contributed by atoms with E-state index in [2.05, 4.69) is 0 Å². The van der Waals surface area contributed by atoms with E-state index in [1.54, 1.807) is 0 Å². The topological polar surface area (TPSA) is 82.1 Å². The minimum Gasteiger partial charge on any atom is -0.491 e. The van der Waals surface area contributed by atoms with Crippen LogP contribution in [0.2, 0.25) is 0 Å². The molecule has 2 rings (SSSR count). The molecule has 0 saturated carbocycles. The lowest BCUT2D eigenvalue weighted by Crippen LogP contribution is -2.13. The number of hydrogen-bond donors (Lipinski definition) is 1. The lowest BCUT2D eigenvalue weighted by molar-refractivity contribution is -0.138. The summed E-state index contributed by atoms with van der Waals surface area (Å²) < 4.78 is 16.1. The van der Waals surface area contributed by atoms with Gasteiger partial charge in [-0.1, -0.05) is 0 Å². The molecule has 1 aromatic carbocycles. The number of carboxylic acid groups (broad SMARTS) is 1. The third-order valence-electron chi connectivity index (χ3n) is 3.56. The van der Waals surface area contributed by atoms with Crippen molar-refractivity contribution in [2.75, 3.05) is 33.0 Å². The van der Waals surface area contributed by atoms with Crippen molar-refractivity contribution in [3.63, 3.8) is 0 Å². The minimum atomic E-state index is -0.869. The zero-order chi connectivity index (χ0) is 16.5. The van der Waals surface area contributed by atoms with Crippen LogP contribution in [0.15, 0.2) is 18.2 Å². The Labute approximate surface area is 135 Å². The Balaban J connectivity index is 1.58. The molecule has 6 nitrogen and oxygen atoms in total. The molecule has 126 valence electrons. The molecule has 1 aliphatic carbocycles. The lowest BCUT2D eigenvalue weighted by atomic mass is 9.91. The van der Waals surface area contributed by atoms with Crippen LogP contribution in [-0.2, 0) is 20.7 Å². The van der Waals surface area contributed by atoms with E-state index < -0.39 is 5.97 Å². The molecule has 0 unspecified atom stereocenters. The summed E-state index contributed by atoms with van der Waals surface area (Å²) >= 11 is 0. The molecule has 0 heterocycles. The highest BCUT2D eigenvalue weighted by atomic mass is 16.5. The van der Waals surface area contributed by atoms with Crippen LogP contribution in [-0.4, -0.2) is 49.9 Å². The number of aliphatic carboxylic acids is 1. The van der Waals surface area contributed by atoms with Crippen LogP contribution in [0.1, 0.15) is 35.2 Å². The highest BCUT2D eigenvalue weighted by molar-refractivity contribution is 5.98. The van der Waals surface area contributed by atoms with Crippen LogP contribution in [0, 0.1) is 0 Å². The number of hydrogen-bond acceptors (Lipinski definition) is 5. The van der Waals surface area contributed by atoms with Gasteiger partial charge in [0.1, 0.15) is 12.4 Å². The van der Waals surface area contributed by atoms with Gasteiger partial charge < -0.3 is 19.3 Å². The molecule has 0 spiro atoms. The number of carbonyl (C=O) groups is 2. The Bertz CT molecular complexity index is 540. The Morgan fingerprint density at radius 1 is 1.04 bits per heavy atom. The van der Waals surface area contributed by atoms with Gasteiger partial charge in [0, 0.05) is 12.0 Å². The van der Waals surface area contributed by atoms with Crippen LogP contribution in [0.4, 0.5) is 0 Å². The molecule has 23 heavy (non-hydrogen) atoms. The standard InChI is InChI=1S/C17H22O6/c18-16-3-1-2-13-12-14(4-5-15(13)16)23-11-10-22-9-8-21-7-6-17(19)20/h4-5,12H,1-3,6-11H2,(H,19,20). The summed E-state index contributed by atoms with van der Waals surface area (Å²) in [6.07, 6.45) is 2.46. The fraction of sp³-hybridized carbons (Fsp3) is 0.529. The van der Waals surface area contributed by atoms with Crippen LogP contribution < -0.4 is 4.74 Å². The Hall–Kier alpha value is -1.92. The molecule has 0 amide bonds. The molecule has 0 fully saturated rings. The summed E-state index contributed by atoms with van der Waals surface area (Å²) in [5, 5.41) is 8.44. The van der Waals surface area contributed by atoms with Crippen molar-refractivity contribution in [3.05, 3.63) is 29.3 Å². The van der Waals surface area contributed by atoms with Crippen LogP contribution in [0.5, 0.6) is 5.75 Å². The number of rotatable bonds is 10. The second-order valence-electron chi connectivity index (χ2n) is 5.31. The molecule has 0 bridgehead atoms. The maximum absolute atomic E-state index is 11.7. The van der Waals surface area contributed by atoms with E-state index in [4.69, 9.17) is 19.3 Å². The monoisotopic (exact) mass is 322 g/mol. The van der Waals surface area contributed by atoms with Crippen molar-refractivity contribution in [3.8, 4) is 5.75 Å². The molecule has 0 aromatic heterocycles. The number of ether oxygens (including phenoxy) is 3. The largest absolute Gasteiger partial charge is 0.491 e. The first-order chi connectivity index (χ1) is 11.2. The predicted octanol–water partition coefficient (Wildman–Crippen LogP) is 2.09. The van der Waals surface area contributed by atoms with E-state index in [-0.39, 0.29) is 18.8 Å². The van der Waals surface area contributed by atoms with Gasteiger partial charge in [-0.2, -0.15) is 0 Å². The first kappa shape index (κ1) is 17.4. The number of aryl methyl sites for hydroxylation is 1. The molecule has 1 aliphatic rings. The van der Waals surface area contributed by atoms with Gasteiger partial charge in [0.25, 0.3) is 0 Å². The van der Waals surface area contributed by atoms with E-state index in [0.29, 0.717) is 32.8 Å². The molecule has 0 saturated heterocycles. The van der Waals surface area contributed by atoms with Gasteiger partial charge >= 0.3 is 5.97 Å². The quantitative estimate of drug-likeness (QED) is 0.664. The summed E-state index contributed by atoms with van der Waals surface area (Å²) in [7, 11) is 0. The number of carboxylic acids is 1. The smallest absolute Gasteiger partial charge is 0.305 e. The molecular formula is C17H22O6. The van der Waals surface area contributed by atoms with E-state index in [9.17, 15) is 9.59 Å². The number of ketones is 1. The fourth-order valence-electron chi connectivity index (χ4n) is 2.41. The minimum absolute atomic E-state index is 0.00391. The maximum Gasteiger partial charge on any atom is 0.305 e. The summed E-state index contributed by atoms with van der Waals surface area (Å²) in [6, 6.07) is 5.59. The highest BCUT2D eigenvalue weighted by Crippen LogP contribution is 2.25.